The molecule has 0 amide bonds. The van der Waals surface area contributed by atoms with Crippen LogP contribution in [0.2, 0.25) is 0 Å². The number of aliphatic hydroxyl groups is 1. The summed E-state index contributed by atoms with van der Waals surface area (Å²) < 4.78 is 4.30. The second-order valence-corrected chi connectivity index (χ2v) is 2.83. The Bertz CT molecular complexity index is 125. The Kier molecular flexibility index (Phi) is 4.81. The molecule has 1 unspecified atom stereocenters. The summed E-state index contributed by atoms with van der Waals surface area (Å²) in [6, 6.07) is -0.609. The largest absolute Gasteiger partial charge is 0.438 e. The first kappa shape index (κ1) is 10.4. The van der Waals surface area contributed by atoms with Crippen molar-refractivity contribution >= 4 is 5.97 Å². The van der Waals surface area contributed by atoms with Gasteiger partial charge >= 0.3 is 5.97 Å². The Labute approximate surface area is 66.3 Å². The fourth-order valence-electron chi connectivity index (χ4n) is 0.775. The maximum absolute atomic E-state index is 10.8. The van der Waals surface area contributed by atoms with Crippen LogP contribution in [0.15, 0.2) is 0 Å². The molecule has 0 fully saturated rings. The van der Waals surface area contributed by atoms with Crippen LogP contribution in [0.5, 0.6) is 0 Å². The van der Waals surface area contributed by atoms with E-state index in [0.29, 0.717) is 12.3 Å². The lowest BCUT2D eigenvalue weighted by Crippen LogP contribution is -2.33. The lowest BCUT2D eigenvalue weighted by molar-refractivity contribution is -0.153. The maximum atomic E-state index is 10.8. The van der Waals surface area contributed by atoms with Crippen LogP contribution in [0.4, 0.5) is 0 Å². The molecule has 0 radical (unpaired) electrons. The van der Waals surface area contributed by atoms with E-state index in [9.17, 15) is 4.79 Å². The summed E-state index contributed by atoms with van der Waals surface area (Å²) in [5.74, 6) is -0.183. The number of rotatable bonds is 4. The van der Waals surface area contributed by atoms with Crippen LogP contribution in [-0.2, 0) is 9.53 Å². The molecule has 0 saturated heterocycles. The Balaban J connectivity index is 3.64. The van der Waals surface area contributed by atoms with Crippen LogP contribution in [0.1, 0.15) is 20.3 Å². The molecule has 66 valence electrons. The predicted octanol–water partition coefficient (Wildman–Crippen LogP) is -0.147. The van der Waals surface area contributed by atoms with Crippen LogP contribution in [0.3, 0.4) is 0 Å². The minimum atomic E-state index is -0.609. The molecule has 0 saturated carbocycles. The zero-order chi connectivity index (χ0) is 8.85. The summed E-state index contributed by atoms with van der Waals surface area (Å²) in [6.45, 7) is 3.34. The monoisotopic (exact) mass is 161 g/mol. The maximum Gasteiger partial charge on any atom is 0.325 e. The molecule has 0 aromatic carbocycles. The van der Waals surface area contributed by atoms with E-state index in [-0.39, 0.29) is 0 Å². The van der Waals surface area contributed by atoms with E-state index in [1.54, 1.807) is 0 Å². The molecule has 0 aromatic heterocycles. The van der Waals surface area contributed by atoms with Crippen molar-refractivity contribution in [3.8, 4) is 0 Å². The van der Waals surface area contributed by atoms with Gasteiger partial charge in [-0.15, -0.1) is 0 Å². The van der Waals surface area contributed by atoms with Gasteiger partial charge in [-0.3, -0.25) is 4.79 Å². The van der Waals surface area contributed by atoms with Crippen molar-refractivity contribution in [2.75, 3.05) is 6.79 Å². The standard InChI is InChI=1S/C7H15NO3/c1-5(2)3-6(8)7(10)11-4-9/h5-6,9H,3-4,8H2,1-2H3. The fourth-order valence-corrected chi connectivity index (χ4v) is 0.775. The van der Waals surface area contributed by atoms with E-state index in [1.807, 2.05) is 13.8 Å². The predicted molar refractivity (Wildman–Crippen MR) is 40.6 cm³/mol. The quantitative estimate of drug-likeness (QED) is 0.444. The van der Waals surface area contributed by atoms with Crippen molar-refractivity contribution in [1.29, 1.82) is 0 Å². The lowest BCUT2D eigenvalue weighted by Gasteiger charge is -2.11. The molecule has 0 aliphatic rings. The topological polar surface area (TPSA) is 72.6 Å². The molecule has 0 spiro atoms. The number of esters is 1. The van der Waals surface area contributed by atoms with Crippen LogP contribution in [-0.4, -0.2) is 23.9 Å². The fraction of sp³-hybridized carbons (Fsp3) is 0.857. The van der Waals surface area contributed by atoms with Gasteiger partial charge in [0.15, 0.2) is 6.79 Å². The highest BCUT2D eigenvalue weighted by Gasteiger charge is 2.15. The molecule has 4 nitrogen and oxygen atoms in total. The molecule has 0 heterocycles. The Morgan fingerprint density at radius 1 is 1.64 bits per heavy atom. The average Bonchev–Trinajstić information content (AvgIpc) is 1.86. The Hall–Kier alpha value is -0.610. The SMILES string of the molecule is CC(C)CC(N)C(=O)OCO. The lowest BCUT2D eigenvalue weighted by atomic mass is 10.1. The second kappa shape index (κ2) is 5.09. The molecule has 4 heteroatoms. The molecular weight excluding hydrogens is 146 g/mol. The highest BCUT2D eigenvalue weighted by molar-refractivity contribution is 5.75. The van der Waals surface area contributed by atoms with E-state index in [0.717, 1.165) is 0 Å². The summed E-state index contributed by atoms with van der Waals surface area (Å²) in [7, 11) is 0. The van der Waals surface area contributed by atoms with Gasteiger partial charge in [-0.1, -0.05) is 13.8 Å². The van der Waals surface area contributed by atoms with Crippen molar-refractivity contribution in [3.05, 3.63) is 0 Å². The second-order valence-electron chi connectivity index (χ2n) is 2.83. The van der Waals surface area contributed by atoms with Gasteiger partial charge in [0.2, 0.25) is 0 Å². The number of hydrogen-bond acceptors (Lipinski definition) is 4. The van der Waals surface area contributed by atoms with Crippen molar-refractivity contribution in [1.82, 2.24) is 0 Å². The highest BCUT2D eigenvalue weighted by atomic mass is 16.6. The van der Waals surface area contributed by atoms with Crippen LogP contribution >= 0.6 is 0 Å². The number of nitrogens with two attached hydrogens (primary N) is 1. The van der Waals surface area contributed by atoms with E-state index in [4.69, 9.17) is 10.8 Å². The van der Waals surface area contributed by atoms with E-state index < -0.39 is 18.8 Å². The third kappa shape index (κ3) is 4.75. The van der Waals surface area contributed by atoms with Gasteiger partial charge in [0.05, 0.1) is 0 Å². The van der Waals surface area contributed by atoms with Gasteiger partial charge in [-0.25, -0.2) is 0 Å². The molecule has 3 N–H and O–H groups in total. The molecule has 0 aliphatic carbocycles. The number of ether oxygens (including phenoxy) is 1. The first-order chi connectivity index (χ1) is 5.07. The summed E-state index contributed by atoms with van der Waals surface area (Å²) >= 11 is 0. The minimum absolute atomic E-state index is 0.358. The van der Waals surface area contributed by atoms with E-state index >= 15 is 0 Å². The number of hydrogen-bond donors (Lipinski definition) is 2. The van der Waals surface area contributed by atoms with Crippen molar-refractivity contribution in [2.45, 2.75) is 26.3 Å². The summed E-state index contributed by atoms with van der Waals surface area (Å²) in [5, 5.41) is 8.22. The molecule has 0 bridgehead atoms. The third-order valence-electron chi connectivity index (χ3n) is 1.23. The Morgan fingerprint density at radius 3 is 2.55 bits per heavy atom. The zero-order valence-electron chi connectivity index (χ0n) is 6.91. The van der Waals surface area contributed by atoms with Gasteiger partial charge in [-0.05, 0) is 12.3 Å². The van der Waals surface area contributed by atoms with Crippen LogP contribution in [0.25, 0.3) is 0 Å². The number of carbonyl (C=O) groups excluding carboxylic acids is 1. The normalized spacial score (nSPS) is 13.2. The van der Waals surface area contributed by atoms with Crippen molar-refractivity contribution in [3.63, 3.8) is 0 Å². The van der Waals surface area contributed by atoms with Crippen molar-refractivity contribution < 1.29 is 14.6 Å². The summed E-state index contributed by atoms with van der Waals surface area (Å²) in [4.78, 5) is 10.8. The Morgan fingerprint density at radius 2 is 2.18 bits per heavy atom. The number of aliphatic hydroxyl groups excluding tert-OH is 1. The van der Waals surface area contributed by atoms with Crippen molar-refractivity contribution in [2.24, 2.45) is 11.7 Å². The average molecular weight is 161 g/mol. The van der Waals surface area contributed by atoms with Gasteiger partial charge in [0.25, 0.3) is 0 Å². The molecule has 0 rings (SSSR count). The van der Waals surface area contributed by atoms with Gasteiger partial charge < -0.3 is 15.6 Å². The molecule has 11 heavy (non-hydrogen) atoms. The van der Waals surface area contributed by atoms with Gasteiger partial charge in [0, 0.05) is 0 Å². The molecule has 0 aliphatic heterocycles. The smallest absolute Gasteiger partial charge is 0.325 e. The first-order valence-electron chi connectivity index (χ1n) is 3.61. The third-order valence-corrected chi connectivity index (χ3v) is 1.23. The number of carbonyl (C=O) groups is 1. The van der Waals surface area contributed by atoms with Crippen LogP contribution in [0, 0.1) is 5.92 Å². The molecular formula is C7H15NO3. The first-order valence-corrected chi connectivity index (χ1v) is 3.61. The molecule has 0 aromatic rings. The highest BCUT2D eigenvalue weighted by Crippen LogP contribution is 2.03. The van der Waals surface area contributed by atoms with Crippen LogP contribution < -0.4 is 5.73 Å². The van der Waals surface area contributed by atoms with E-state index in [1.165, 1.54) is 0 Å². The summed E-state index contributed by atoms with van der Waals surface area (Å²) in [5.41, 5.74) is 5.42. The molecule has 1 atom stereocenters. The minimum Gasteiger partial charge on any atom is -0.438 e. The van der Waals surface area contributed by atoms with Gasteiger partial charge in [-0.2, -0.15) is 0 Å². The van der Waals surface area contributed by atoms with E-state index in [2.05, 4.69) is 4.74 Å². The van der Waals surface area contributed by atoms with Gasteiger partial charge in [0.1, 0.15) is 6.04 Å². The summed E-state index contributed by atoms with van der Waals surface area (Å²) in [6.07, 6.45) is 0.582. The zero-order valence-corrected chi connectivity index (χ0v) is 6.91.